The molecule has 106 valence electrons. The molecule has 7 nitrogen and oxygen atoms in total. The van der Waals surface area contributed by atoms with Crippen molar-refractivity contribution in [2.75, 3.05) is 20.2 Å². The first kappa shape index (κ1) is 12.9. The van der Waals surface area contributed by atoms with Crippen LogP contribution in [0.5, 0.6) is 0 Å². The van der Waals surface area contributed by atoms with Gasteiger partial charge in [0.05, 0.1) is 19.6 Å². The van der Waals surface area contributed by atoms with E-state index in [-0.39, 0.29) is 11.7 Å². The third-order valence-electron chi connectivity index (χ3n) is 3.28. The summed E-state index contributed by atoms with van der Waals surface area (Å²) in [4.78, 5) is 17.7. The summed E-state index contributed by atoms with van der Waals surface area (Å²) in [6, 6.07) is 3.41. The molecular weight excluding hydrogens is 262 g/mol. The van der Waals surface area contributed by atoms with Crippen molar-refractivity contribution < 1.29 is 18.5 Å². The fraction of sp³-hybridized carbons (Fsp3) is 0.462. The highest BCUT2D eigenvalue weighted by Crippen LogP contribution is 2.27. The molecular formula is C13H15N3O4. The molecule has 3 heterocycles. The number of carbonyl (C=O) groups is 1. The third kappa shape index (κ3) is 2.44. The van der Waals surface area contributed by atoms with Gasteiger partial charge in [-0.05, 0) is 19.1 Å². The maximum atomic E-state index is 11.3. The van der Waals surface area contributed by atoms with Crippen molar-refractivity contribution in [1.29, 1.82) is 0 Å². The van der Waals surface area contributed by atoms with E-state index in [0.717, 1.165) is 18.8 Å². The molecule has 0 aromatic carbocycles. The number of methoxy groups -OCH3 is 1. The molecule has 1 aliphatic heterocycles. The molecule has 0 bridgehead atoms. The molecule has 2 aromatic heterocycles. The number of ether oxygens (including phenoxy) is 1. The summed E-state index contributed by atoms with van der Waals surface area (Å²) in [5.74, 6) is 2.14. The predicted octanol–water partition coefficient (Wildman–Crippen LogP) is 1.36. The van der Waals surface area contributed by atoms with Crippen molar-refractivity contribution in [3.8, 4) is 0 Å². The van der Waals surface area contributed by atoms with Gasteiger partial charge in [-0.15, -0.1) is 0 Å². The normalized spacial score (nSPS) is 16.1. The molecule has 0 spiro atoms. The van der Waals surface area contributed by atoms with E-state index in [4.69, 9.17) is 8.94 Å². The van der Waals surface area contributed by atoms with Gasteiger partial charge in [0.2, 0.25) is 11.7 Å². The van der Waals surface area contributed by atoms with E-state index in [0.29, 0.717) is 18.3 Å². The lowest BCUT2D eigenvalue weighted by atomic mass is 10.0. The molecule has 7 heteroatoms. The molecule has 0 saturated carbocycles. The molecule has 20 heavy (non-hydrogen) atoms. The quantitative estimate of drug-likeness (QED) is 0.780. The third-order valence-corrected chi connectivity index (χ3v) is 3.28. The summed E-state index contributed by atoms with van der Waals surface area (Å²) in [5, 5.41) is 3.79. The van der Waals surface area contributed by atoms with Crippen LogP contribution in [0, 0.1) is 6.92 Å². The highest BCUT2D eigenvalue weighted by Gasteiger charge is 2.32. The number of likely N-dealkylation sites (tertiary alicyclic amines) is 1. The summed E-state index contributed by atoms with van der Waals surface area (Å²) < 4.78 is 15.2. The van der Waals surface area contributed by atoms with Gasteiger partial charge in [0.15, 0.2) is 5.82 Å². The molecule has 0 N–H and O–H groups in total. The van der Waals surface area contributed by atoms with Crippen LogP contribution < -0.4 is 0 Å². The number of aromatic nitrogens is 2. The lowest BCUT2D eigenvalue weighted by Crippen LogP contribution is -2.44. The Morgan fingerprint density at radius 2 is 2.30 bits per heavy atom. The molecule has 1 saturated heterocycles. The molecule has 1 aliphatic rings. The van der Waals surface area contributed by atoms with Crippen LogP contribution in [0.15, 0.2) is 21.1 Å². The molecule has 0 unspecified atom stereocenters. The van der Waals surface area contributed by atoms with Gasteiger partial charge in [0.1, 0.15) is 5.76 Å². The van der Waals surface area contributed by atoms with E-state index < -0.39 is 5.97 Å². The Bertz CT molecular complexity index is 613. The summed E-state index contributed by atoms with van der Waals surface area (Å²) in [6.45, 7) is 4.15. The summed E-state index contributed by atoms with van der Waals surface area (Å²) in [6.07, 6.45) is 0. The van der Waals surface area contributed by atoms with Crippen LogP contribution in [0.2, 0.25) is 0 Å². The van der Waals surface area contributed by atoms with E-state index in [1.165, 1.54) is 7.11 Å². The van der Waals surface area contributed by atoms with Gasteiger partial charge in [-0.25, -0.2) is 4.79 Å². The molecule has 0 atom stereocenters. The van der Waals surface area contributed by atoms with E-state index in [9.17, 15) is 4.79 Å². The van der Waals surface area contributed by atoms with Crippen molar-refractivity contribution in [2.45, 2.75) is 19.4 Å². The average molecular weight is 277 g/mol. The molecule has 2 aromatic rings. The number of nitrogens with zero attached hydrogens (tertiary/aromatic N) is 3. The summed E-state index contributed by atoms with van der Waals surface area (Å²) in [5.41, 5.74) is 0. The molecule has 0 amide bonds. The minimum atomic E-state index is -0.459. The van der Waals surface area contributed by atoms with Crippen molar-refractivity contribution >= 4 is 5.97 Å². The summed E-state index contributed by atoms with van der Waals surface area (Å²) in [7, 11) is 1.33. The monoisotopic (exact) mass is 277 g/mol. The minimum Gasteiger partial charge on any atom is -0.463 e. The van der Waals surface area contributed by atoms with Gasteiger partial charge < -0.3 is 13.7 Å². The van der Waals surface area contributed by atoms with Crippen molar-refractivity contribution in [3.63, 3.8) is 0 Å². The Hall–Kier alpha value is -2.15. The van der Waals surface area contributed by atoms with E-state index in [1.807, 2.05) is 0 Å². The zero-order valence-corrected chi connectivity index (χ0v) is 11.3. The van der Waals surface area contributed by atoms with Gasteiger partial charge in [-0.1, -0.05) is 5.16 Å². The first-order valence-electron chi connectivity index (χ1n) is 6.35. The van der Waals surface area contributed by atoms with E-state index in [1.54, 1.807) is 19.1 Å². The zero-order valence-electron chi connectivity index (χ0n) is 11.3. The Morgan fingerprint density at radius 3 is 2.95 bits per heavy atom. The van der Waals surface area contributed by atoms with Crippen molar-refractivity contribution in [3.05, 3.63) is 35.4 Å². The lowest BCUT2D eigenvalue weighted by molar-refractivity contribution is 0.0556. The van der Waals surface area contributed by atoms with Crippen LogP contribution in [-0.4, -0.2) is 41.2 Å². The number of carbonyl (C=O) groups excluding carboxylic acids is 1. The number of hydrogen-bond acceptors (Lipinski definition) is 7. The number of hydrogen-bond donors (Lipinski definition) is 0. The van der Waals surface area contributed by atoms with E-state index in [2.05, 4.69) is 19.8 Å². The van der Waals surface area contributed by atoms with Crippen LogP contribution in [0.3, 0.4) is 0 Å². The van der Waals surface area contributed by atoms with Gasteiger partial charge in [0, 0.05) is 13.1 Å². The largest absolute Gasteiger partial charge is 0.463 e. The molecule has 0 aliphatic carbocycles. The van der Waals surface area contributed by atoms with E-state index >= 15 is 0 Å². The first-order chi connectivity index (χ1) is 9.65. The first-order valence-corrected chi connectivity index (χ1v) is 6.35. The Balaban J connectivity index is 1.53. The van der Waals surface area contributed by atoms with Gasteiger partial charge >= 0.3 is 5.97 Å². The van der Waals surface area contributed by atoms with Crippen LogP contribution in [-0.2, 0) is 11.3 Å². The van der Waals surface area contributed by atoms with Crippen LogP contribution >= 0.6 is 0 Å². The van der Waals surface area contributed by atoms with Crippen LogP contribution in [0.1, 0.15) is 33.9 Å². The van der Waals surface area contributed by atoms with Crippen LogP contribution in [0.25, 0.3) is 0 Å². The summed E-state index contributed by atoms with van der Waals surface area (Å²) >= 11 is 0. The zero-order chi connectivity index (χ0) is 14.1. The van der Waals surface area contributed by atoms with Crippen molar-refractivity contribution in [2.24, 2.45) is 0 Å². The number of esters is 1. The smallest absolute Gasteiger partial charge is 0.373 e. The second kappa shape index (κ2) is 5.09. The fourth-order valence-corrected chi connectivity index (χ4v) is 2.23. The SMILES string of the molecule is COC(=O)c1ccc(CN2CC(c3nc(C)no3)C2)o1. The van der Waals surface area contributed by atoms with Gasteiger partial charge in [-0.2, -0.15) is 4.98 Å². The Morgan fingerprint density at radius 1 is 1.50 bits per heavy atom. The van der Waals surface area contributed by atoms with Gasteiger partial charge in [-0.3, -0.25) is 4.90 Å². The maximum Gasteiger partial charge on any atom is 0.373 e. The second-order valence-electron chi connectivity index (χ2n) is 4.83. The fourth-order valence-electron chi connectivity index (χ4n) is 2.23. The number of furan rings is 1. The molecule has 1 fully saturated rings. The second-order valence-corrected chi connectivity index (χ2v) is 4.83. The van der Waals surface area contributed by atoms with Gasteiger partial charge in [0.25, 0.3) is 0 Å². The highest BCUT2D eigenvalue weighted by molar-refractivity contribution is 5.86. The number of rotatable bonds is 4. The Kier molecular flexibility index (Phi) is 3.27. The maximum absolute atomic E-state index is 11.3. The average Bonchev–Trinajstić information content (AvgIpc) is 3.01. The number of aryl methyl sites for hydroxylation is 1. The van der Waals surface area contributed by atoms with Crippen molar-refractivity contribution in [1.82, 2.24) is 15.0 Å². The lowest BCUT2D eigenvalue weighted by Gasteiger charge is -2.36. The van der Waals surface area contributed by atoms with Crippen LogP contribution in [0.4, 0.5) is 0 Å². The standard InChI is InChI=1S/C13H15N3O4/c1-8-14-12(20-15-8)9-5-16(6-9)7-10-3-4-11(19-10)13(17)18-2/h3-4,9H,5-7H2,1-2H3. The topological polar surface area (TPSA) is 81.6 Å². The Labute approximate surface area is 115 Å². The predicted molar refractivity (Wildman–Crippen MR) is 67.1 cm³/mol. The minimum absolute atomic E-state index is 0.229. The highest BCUT2D eigenvalue weighted by atomic mass is 16.5. The molecule has 3 rings (SSSR count). The molecule has 0 radical (unpaired) electrons.